The average molecular weight is 353 g/mol. The predicted octanol–water partition coefficient (Wildman–Crippen LogP) is 1.65. The van der Waals surface area contributed by atoms with Crippen molar-refractivity contribution in [3.8, 4) is 12.3 Å². The van der Waals surface area contributed by atoms with Crippen LogP contribution in [0.15, 0.2) is 34.8 Å². The third kappa shape index (κ3) is 4.66. The van der Waals surface area contributed by atoms with Crippen molar-refractivity contribution in [1.29, 1.82) is 0 Å². The molecule has 7 nitrogen and oxygen atoms in total. The summed E-state index contributed by atoms with van der Waals surface area (Å²) in [5, 5.41) is 8.13. The van der Waals surface area contributed by atoms with Gasteiger partial charge in [0.2, 0.25) is 11.8 Å². The number of carbonyl (C=O) groups is 2. The van der Waals surface area contributed by atoms with Gasteiger partial charge in [0.1, 0.15) is 0 Å². The molecular weight excluding hydrogens is 330 g/mol. The average Bonchev–Trinajstić information content (AvgIpc) is 3.46. The first-order valence-corrected chi connectivity index (χ1v) is 8.94. The summed E-state index contributed by atoms with van der Waals surface area (Å²) in [4.78, 5) is 32.4. The maximum absolute atomic E-state index is 12.4. The van der Waals surface area contributed by atoms with Crippen LogP contribution in [-0.2, 0) is 16.0 Å². The van der Waals surface area contributed by atoms with Gasteiger partial charge in [-0.2, -0.15) is 10.2 Å². The Morgan fingerprint density at radius 2 is 1.65 bits per heavy atom. The van der Waals surface area contributed by atoms with Gasteiger partial charge in [-0.3, -0.25) is 14.6 Å². The number of hydrogen-bond donors (Lipinski definition) is 0. The molecule has 0 radical (unpaired) electrons. The van der Waals surface area contributed by atoms with E-state index in [4.69, 9.17) is 6.42 Å². The number of hydrogen-bond acceptors (Lipinski definition) is 5. The Bertz CT molecular complexity index is 711. The van der Waals surface area contributed by atoms with Gasteiger partial charge in [-0.05, 0) is 17.7 Å². The van der Waals surface area contributed by atoms with Crippen LogP contribution in [0.3, 0.4) is 0 Å². The Morgan fingerprint density at radius 1 is 1.04 bits per heavy atom. The summed E-state index contributed by atoms with van der Waals surface area (Å²) < 4.78 is 0. The van der Waals surface area contributed by atoms with Crippen molar-refractivity contribution < 1.29 is 9.59 Å². The lowest BCUT2D eigenvalue weighted by atomic mass is 10.0. The number of piperazine rings is 1. The fraction of sp³-hybridized carbons (Fsp3) is 0.526. The molecule has 1 aromatic rings. The molecule has 1 saturated heterocycles. The van der Waals surface area contributed by atoms with Gasteiger partial charge in [-0.25, -0.2) is 0 Å². The summed E-state index contributed by atoms with van der Waals surface area (Å²) in [6.45, 7) is 2.30. The second kappa shape index (κ2) is 8.09. The third-order valence-electron chi connectivity index (χ3n) is 4.88. The van der Waals surface area contributed by atoms with E-state index >= 15 is 0 Å². The lowest BCUT2D eigenvalue weighted by Crippen LogP contribution is -2.51. The van der Waals surface area contributed by atoms with E-state index in [0.717, 1.165) is 5.56 Å². The Labute approximate surface area is 153 Å². The van der Waals surface area contributed by atoms with E-state index in [2.05, 4.69) is 21.1 Å². The molecule has 1 fully saturated rings. The molecule has 0 saturated carbocycles. The second-order valence-corrected chi connectivity index (χ2v) is 6.68. The first-order valence-electron chi connectivity index (χ1n) is 8.94. The SMILES string of the molecule is C#CCCC1(CCC(=O)N2CCN(C(=O)Cc3ccncc3)CC2)N=N1. The summed E-state index contributed by atoms with van der Waals surface area (Å²) >= 11 is 0. The van der Waals surface area contributed by atoms with Crippen LogP contribution >= 0.6 is 0 Å². The molecule has 0 aliphatic carbocycles. The normalized spacial score (nSPS) is 17.7. The molecule has 0 N–H and O–H groups in total. The van der Waals surface area contributed by atoms with E-state index < -0.39 is 5.66 Å². The lowest BCUT2D eigenvalue weighted by Gasteiger charge is -2.35. The molecule has 7 heteroatoms. The molecule has 2 aliphatic heterocycles. The molecule has 2 amide bonds. The van der Waals surface area contributed by atoms with E-state index in [1.807, 2.05) is 21.9 Å². The number of nitrogens with zero attached hydrogens (tertiary/aromatic N) is 5. The van der Waals surface area contributed by atoms with E-state index in [9.17, 15) is 9.59 Å². The smallest absolute Gasteiger partial charge is 0.227 e. The van der Waals surface area contributed by atoms with Crippen molar-refractivity contribution in [3.05, 3.63) is 30.1 Å². The van der Waals surface area contributed by atoms with Gasteiger partial charge in [-0.15, -0.1) is 12.3 Å². The minimum absolute atomic E-state index is 0.0899. The van der Waals surface area contributed by atoms with Gasteiger partial charge in [0.15, 0.2) is 5.66 Å². The Hall–Kier alpha value is -2.75. The topological polar surface area (TPSA) is 78.2 Å². The zero-order chi connectivity index (χ0) is 18.4. The van der Waals surface area contributed by atoms with Crippen LogP contribution in [0.4, 0.5) is 0 Å². The van der Waals surface area contributed by atoms with Crippen LogP contribution in [0, 0.1) is 12.3 Å². The highest BCUT2D eigenvalue weighted by Gasteiger charge is 2.39. The van der Waals surface area contributed by atoms with Crippen molar-refractivity contribution >= 4 is 11.8 Å². The molecule has 2 aliphatic rings. The highest BCUT2D eigenvalue weighted by molar-refractivity contribution is 5.80. The monoisotopic (exact) mass is 353 g/mol. The maximum atomic E-state index is 12.4. The Kier molecular flexibility index (Phi) is 5.61. The van der Waals surface area contributed by atoms with Crippen LogP contribution < -0.4 is 0 Å². The Balaban J connectivity index is 1.40. The van der Waals surface area contributed by atoms with E-state index in [-0.39, 0.29) is 11.8 Å². The molecule has 136 valence electrons. The number of amides is 2. The highest BCUT2D eigenvalue weighted by atomic mass is 16.2. The number of pyridine rings is 1. The van der Waals surface area contributed by atoms with Crippen molar-refractivity contribution in [1.82, 2.24) is 14.8 Å². The standard InChI is InChI=1S/C19H23N5O2/c1-2-3-7-19(21-22-19)8-4-17(25)23-11-13-24(14-12-23)18(26)15-16-5-9-20-10-6-16/h1,5-6,9-10H,3-4,7-8,11-15H2. The summed E-state index contributed by atoms with van der Waals surface area (Å²) in [6, 6.07) is 3.70. The van der Waals surface area contributed by atoms with Crippen molar-refractivity contribution in [2.75, 3.05) is 26.2 Å². The molecule has 0 aromatic carbocycles. The fourth-order valence-electron chi connectivity index (χ4n) is 3.13. The summed E-state index contributed by atoms with van der Waals surface area (Å²) in [6.07, 6.45) is 11.4. The van der Waals surface area contributed by atoms with E-state index in [0.29, 0.717) is 58.3 Å². The second-order valence-electron chi connectivity index (χ2n) is 6.68. The Morgan fingerprint density at radius 3 is 2.23 bits per heavy atom. The van der Waals surface area contributed by atoms with E-state index in [1.54, 1.807) is 12.4 Å². The van der Waals surface area contributed by atoms with E-state index in [1.165, 1.54) is 0 Å². The lowest BCUT2D eigenvalue weighted by molar-refractivity contribution is -0.139. The quantitative estimate of drug-likeness (QED) is 0.699. The highest BCUT2D eigenvalue weighted by Crippen LogP contribution is 2.37. The van der Waals surface area contributed by atoms with Crippen LogP contribution in [-0.4, -0.2) is 58.4 Å². The van der Waals surface area contributed by atoms with Gasteiger partial charge in [0, 0.05) is 64.3 Å². The molecule has 3 rings (SSSR count). The molecule has 1 aromatic heterocycles. The molecule has 26 heavy (non-hydrogen) atoms. The van der Waals surface area contributed by atoms with Crippen LogP contribution in [0.25, 0.3) is 0 Å². The molecule has 0 atom stereocenters. The van der Waals surface area contributed by atoms with Crippen molar-refractivity contribution in [2.24, 2.45) is 10.2 Å². The minimum Gasteiger partial charge on any atom is -0.339 e. The number of carbonyl (C=O) groups excluding carboxylic acids is 2. The van der Waals surface area contributed by atoms with Crippen LogP contribution in [0.2, 0.25) is 0 Å². The summed E-state index contributed by atoms with van der Waals surface area (Å²) in [5.41, 5.74) is 0.544. The molecule has 0 unspecified atom stereocenters. The van der Waals surface area contributed by atoms with Gasteiger partial charge >= 0.3 is 0 Å². The largest absolute Gasteiger partial charge is 0.339 e. The summed E-state index contributed by atoms with van der Waals surface area (Å²) in [5.74, 6) is 2.78. The van der Waals surface area contributed by atoms with Crippen molar-refractivity contribution in [3.63, 3.8) is 0 Å². The zero-order valence-electron chi connectivity index (χ0n) is 14.8. The molecular formula is C19H23N5O2. The zero-order valence-corrected chi connectivity index (χ0v) is 14.8. The number of terminal acetylenes is 1. The third-order valence-corrected chi connectivity index (χ3v) is 4.88. The van der Waals surface area contributed by atoms with Crippen LogP contribution in [0.1, 0.15) is 31.2 Å². The van der Waals surface area contributed by atoms with Crippen LogP contribution in [0.5, 0.6) is 0 Å². The minimum atomic E-state index is -0.412. The van der Waals surface area contributed by atoms with Gasteiger partial charge in [-0.1, -0.05) is 0 Å². The molecule has 0 bridgehead atoms. The number of aromatic nitrogens is 1. The molecule has 3 heterocycles. The maximum Gasteiger partial charge on any atom is 0.227 e. The van der Waals surface area contributed by atoms with Gasteiger partial charge in [0.05, 0.1) is 6.42 Å². The number of rotatable bonds is 7. The fourth-order valence-corrected chi connectivity index (χ4v) is 3.13. The van der Waals surface area contributed by atoms with Gasteiger partial charge < -0.3 is 9.80 Å². The van der Waals surface area contributed by atoms with Crippen molar-refractivity contribution in [2.45, 2.75) is 37.8 Å². The first-order chi connectivity index (χ1) is 12.6. The molecule has 0 spiro atoms. The summed E-state index contributed by atoms with van der Waals surface area (Å²) in [7, 11) is 0. The first kappa shape index (κ1) is 18.1. The predicted molar refractivity (Wildman–Crippen MR) is 96.0 cm³/mol. The van der Waals surface area contributed by atoms with Gasteiger partial charge in [0.25, 0.3) is 0 Å².